The maximum atomic E-state index is 12.5. The van der Waals surface area contributed by atoms with Crippen LogP contribution in [-0.4, -0.2) is 65.7 Å². The summed E-state index contributed by atoms with van der Waals surface area (Å²) in [5, 5.41) is 27.1. The number of benzene rings is 1. The van der Waals surface area contributed by atoms with Gasteiger partial charge in [-0.3, -0.25) is 19.8 Å². The third kappa shape index (κ3) is 7.48. The topological polar surface area (TPSA) is 204 Å². The Kier molecular flexibility index (Phi) is 8.70. The summed E-state index contributed by atoms with van der Waals surface area (Å²) in [5.41, 5.74) is 4.44. The molecule has 14 heteroatoms. The van der Waals surface area contributed by atoms with Crippen LogP contribution in [0.2, 0.25) is 0 Å². The van der Waals surface area contributed by atoms with Gasteiger partial charge in [-0.05, 0) is 12.1 Å². The number of aliphatic carboxylic acids is 2. The van der Waals surface area contributed by atoms with E-state index < -0.39 is 36.9 Å². The number of aromatic amines is 1. The third-order valence-electron chi connectivity index (χ3n) is 4.92. The smallest absolute Gasteiger partial charge is 0.326 e. The molecule has 0 aliphatic heterocycles. The first-order valence-electron chi connectivity index (χ1n) is 11.1. The van der Waals surface area contributed by atoms with Crippen molar-refractivity contribution >= 4 is 41.5 Å². The maximum Gasteiger partial charge on any atom is 0.326 e. The highest BCUT2D eigenvalue weighted by molar-refractivity contribution is 5.95. The lowest BCUT2D eigenvalue weighted by Gasteiger charge is -2.15. The Morgan fingerprint density at radius 3 is 2.51 bits per heavy atom. The number of anilines is 2. The van der Waals surface area contributed by atoms with E-state index in [-0.39, 0.29) is 29.2 Å². The van der Waals surface area contributed by atoms with E-state index in [1.807, 2.05) is 30.3 Å². The van der Waals surface area contributed by atoms with Gasteiger partial charge in [0.15, 0.2) is 5.82 Å². The fraction of sp³-hybridized carbons (Fsp3) is 0.261. The van der Waals surface area contributed by atoms with Crippen LogP contribution in [0.25, 0.3) is 11.5 Å². The molecule has 14 nitrogen and oxygen atoms in total. The van der Waals surface area contributed by atoms with Crippen molar-refractivity contribution in [1.82, 2.24) is 24.8 Å². The van der Waals surface area contributed by atoms with Gasteiger partial charge in [0, 0.05) is 5.92 Å². The van der Waals surface area contributed by atoms with Gasteiger partial charge in [-0.2, -0.15) is 5.10 Å². The number of aromatic nitrogens is 4. The van der Waals surface area contributed by atoms with Gasteiger partial charge in [-0.25, -0.2) is 14.8 Å². The molecule has 0 bridgehead atoms. The Hall–Kier alpha value is -5.01. The second-order valence-electron chi connectivity index (χ2n) is 8.19. The number of carboxylic acids is 2. The van der Waals surface area contributed by atoms with E-state index in [4.69, 9.17) is 5.11 Å². The summed E-state index contributed by atoms with van der Waals surface area (Å²) in [4.78, 5) is 58.7. The zero-order valence-corrected chi connectivity index (χ0v) is 20.0. The van der Waals surface area contributed by atoms with Gasteiger partial charge in [0.25, 0.3) is 0 Å². The van der Waals surface area contributed by atoms with Crippen LogP contribution in [0.15, 0.2) is 48.0 Å². The molecule has 0 saturated carbocycles. The Labute approximate surface area is 210 Å². The van der Waals surface area contributed by atoms with Crippen molar-refractivity contribution in [2.45, 2.75) is 32.9 Å². The zero-order chi connectivity index (χ0) is 26.9. The van der Waals surface area contributed by atoms with Crippen molar-refractivity contribution in [2.75, 3.05) is 10.7 Å². The van der Waals surface area contributed by atoms with Crippen LogP contribution >= 0.6 is 0 Å². The van der Waals surface area contributed by atoms with Gasteiger partial charge >= 0.3 is 11.9 Å². The summed E-state index contributed by atoms with van der Waals surface area (Å²) < 4.78 is 1.30. The van der Waals surface area contributed by atoms with E-state index in [0.717, 1.165) is 5.69 Å². The first-order valence-corrected chi connectivity index (χ1v) is 11.1. The molecule has 6 N–H and O–H groups in total. The summed E-state index contributed by atoms with van der Waals surface area (Å²) >= 11 is 0. The van der Waals surface area contributed by atoms with E-state index in [0.29, 0.717) is 5.69 Å². The Morgan fingerprint density at radius 2 is 1.86 bits per heavy atom. The molecule has 2 aromatic heterocycles. The van der Waals surface area contributed by atoms with Gasteiger partial charge in [0.1, 0.15) is 24.1 Å². The number of imidazole rings is 2. The van der Waals surface area contributed by atoms with Gasteiger partial charge < -0.3 is 30.4 Å². The molecule has 3 rings (SSSR count). The first-order chi connectivity index (χ1) is 17.6. The number of nitrogens with one attached hydrogen (secondary N) is 4. The van der Waals surface area contributed by atoms with Crippen molar-refractivity contribution < 1.29 is 29.4 Å². The number of hydrazone groups is 1. The van der Waals surface area contributed by atoms with Crippen molar-refractivity contribution in [3.63, 3.8) is 0 Å². The van der Waals surface area contributed by atoms with Gasteiger partial charge in [0.2, 0.25) is 11.8 Å². The number of hydrogen-bond acceptors (Lipinski definition) is 8. The van der Waals surface area contributed by atoms with Crippen LogP contribution in [0.1, 0.15) is 26.0 Å². The molecule has 2 heterocycles. The highest BCUT2D eigenvalue weighted by Gasteiger charge is 2.25. The maximum absolute atomic E-state index is 12.5. The fourth-order valence-electron chi connectivity index (χ4n) is 3.05. The van der Waals surface area contributed by atoms with Crippen LogP contribution in [-0.2, 0) is 25.7 Å². The molecule has 1 aromatic carbocycles. The molecule has 0 unspecified atom stereocenters. The quantitative estimate of drug-likeness (QED) is 0.153. The summed E-state index contributed by atoms with van der Waals surface area (Å²) in [6.07, 6.45) is 3.51. The third-order valence-corrected chi connectivity index (χ3v) is 4.92. The highest BCUT2D eigenvalue weighted by atomic mass is 16.4. The number of carboxylic acid groups (broad SMARTS) is 2. The van der Waals surface area contributed by atoms with Crippen molar-refractivity contribution in [1.29, 1.82) is 0 Å². The molecule has 0 saturated heterocycles. The number of para-hydroxylation sites is 1. The summed E-state index contributed by atoms with van der Waals surface area (Å²) in [5.74, 6) is -3.94. The molecule has 1 atom stereocenters. The number of H-pyrrole nitrogens is 1. The minimum atomic E-state index is -1.61. The van der Waals surface area contributed by atoms with Crippen molar-refractivity contribution in [2.24, 2.45) is 11.0 Å². The molecule has 0 radical (unpaired) electrons. The van der Waals surface area contributed by atoms with Gasteiger partial charge in [-0.1, -0.05) is 32.0 Å². The molecule has 2 amide bonds. The van der Waals surface area contributed by atoms with Crippen LogP contribution in [0.3, 0.4) is 0 Å². The first kappa shape index (κ1) is 26.6. The molecular weight excluding hydrogens is 484 g/mol. The summed E-state index contributed by atoms with van der Waals surface area (Å²) in [6, 6.07) is 7.70. The second-order valence-corrected chi connectivity index (χ2v) is 8.19. The molecule has 37 heavy (non-hydrogen) atoms. The van der Waals surface area contributed by atoms with Gasteiger partial charge in [0.05, 0.1) is 36.5 Å². The monoisotopic (exact) mass is 510 g/mol. The Morgan fingerprint density at radius 1 is 1.14 bits per heavy atom. The van der Waals surface area contributed by atoms with Crippen LogP contribution in [0.5, 0.6) is 0 Å². The Balaban J connectivity index is 1.81. The van der Waals surface area contributed by atoms with E-state index in [1.54, 1.807) is 13.8 Å². The summed E-state index contributed by atoms with van der Waals surface area (Å²) in [6.45, 7) is 2.94. The normalized spacial score (nSPS) is 11.9. The number of nitrogens with zero attached hydrogens (tertiary/aromatic N) is 4. The lowest BCUT2D eigenvalue weighted by Crippen LogP contribution is -2.43. The fourth-order valence-corrected chi connectivity index (χ4v) is 3.05. The minimum Gasteiger partial charge on any atom is -0.481 e. The predicted octanol–water partition coefficient (Wildman–Crippen LogP) is 1.36. The molecule has 194 valence electrons. The lowest BCUT2D eigenvalue weighted by atomic mass is 10.2. The largest absolute Gasteiger partial charge is 0.481 e. The van der Waals surface area contributed by atoms with Crippen molar-refractivity contribution in [3.05, 3.63) is 48.5 Å². The SMILES string of the molecule is CC(C)C(=O)Nc1c(-c2ncc(/C=N/Nc3ccccc3)[nH]2)ncn1CC(=O)N[C@@H](CC(=O)O)C(=O)O. The van der Waals surface area contributed by atoms with Crippen LogP contribution in [0, 0.1) is 5.92 Å². The van der Waals surface area contributed by atoms with Crippen molar-refractivity contribution in [3.8, 4) is 11.5 Å². The minimum absolute atomic E-state index is 0.152. The molecule has 3 aromatic rings. The average molecular weight is 511 g/mol. The average Bonchev–Trinajstić information content (AvgIpc) is 3.46. The number of carbonyl (C=O) groups excluding carboxylic acids is 2. The second kappa shape index (κ2) is 12.1. The summed E-state index contributed by atoms with van der Waals surface area (Å²) in [7, 11) is 0. The molecular formula is C23H26N8O6. The van der Waals surface area contributed by atoms with Gasteiger partial charge in [-0.15, -0.1) is 0 Å². The van der Waals surface area contributed by atoms with E-state index in [9.17, 15) is 24.3 Å². The number of amides is 2. The van der Waals surface area contributed by atoms with E-state index in [2.05, 4.69) is 36.1 Å². The van der Waals surface area contributed by atoms with Crippen LogP contribution < -0.4 is 16.1 Å². The lowest BCUT2D eigenvalue weighted by molar-refractivity contribution is -0.147. The molecule has 0 spiro atoms. The predicted molar refractivity (Wildman–Crippen MR) is 133 cm³/mol. The molecule has 0 aliphatic carbocycles. The number of rotatable bonds is 12. The highest BCUT2D eigenvalue weighted by Crippen LogP contribution is 2.25. The van der Waals surface area contributed by atoms with Crippen LogP contribution in [0.4, 0.5) is 11.5 Å². The van der Waals surface area contributed by atoms with E-state index in [1.165, 1.54) is 23.3 Å². The number of carbonyl (C=O) groups is 4. The molecule has 0 fully saturated rings. The Bertz CT molecular complexity index is 1300. The standard InChI is InChI=1S/C23H26N8O6/c1-13(2)22(35)29-21-19(20-24-9-15(27-20)10-26-30-14-6-4-3-5-7-14)25-12-31(21)11-17(32)28-16(23(36)37)8-18(33)34/h3-7,9-10,12-13,16,30H,8,11H2,1-2H3,(H,24,27)(H,28,32)(H,29,35)(H,33,34)(H,36,37)/b26-10+/t16-/m0/s1. The molecule has 0 aliphatic rings. The van der Waals surface area contributed by atoms with E-state index >= 15 is 0 Å². The zero-order valence-electron chi connectivity index (χ0n) is 20.0. The number of hydrogen-bond donors (Lipinski definition) is 6.